The zero-order valence-corrected chi connectivity index (χ0v) is 10.8. The molecule has 1 aliphatic heterocycles. The van der Waals surface area contributed by atoms with Crippen LogP contribution in [0.15, 0.2) is 11.2 Å². The van der Waals surface area contributed by atoms with Crippen LogP contribution >= 0.6 is 11.8 Å². The minimum atomic E-state index is -0.443. The summed E-state index contributed by atoms with van der Waals surface area (Å²) in [5.74, 6) is 0.398. The molecule has 1 aromatic rings. The van der Waals surface area contributed by atoms with E-state index in [0.29, 0.717) is 29.4 Å². The van der Waals surface area contributed by atoms with E-state index in [9.17, 15) is 10.1 Å². The lowest BCUT2D eigenvalue weighted by Crippen LogP contribution is -2.17. The molecule has 0 radical (unpaired) electrons. The Morgan fingerprint density at radius 3 is 2.89 bits per heavy atom. The Balaban J connectivity index is 2.19. The fourth-order valence-corrected chi connectivity index (χ4v) is 2.77. The van der Waals surface area contributed by atoms with Crippen LogP contribution in [0.5, 0.6) is 0 Å². The summed E-state index contributed by atoms with van der Waals surface area (Å²) in [6.45, 7) is 1.41. The molecule has 7 nitrogen and oxygen atoms in total. The molecule has 1 aromatic heterocycles. The molecule has 0 spiro atoms. The van der Waals surface area contributed by atoms with Gasteiger partial charge in [0.1, 0.15) is 6.20 Å². The molecule has 0 saturated carbocycles. The van der Waals surface area contributed by atoms with Crippen molar-refractivity contribution in [2.75, 3.05) is 25.6 Å². The van der Waals surface area contributed by atoms with Crippen LogP contribution in [0.2, 0.25) is 0 Å². The summed E-state index contributed by atoms with van der Waals surface area (Å²) < 4.78 is 5.27. The Hall–Kier alpha value is -1.41. The van der Waals surface area contributed by atoms with Crippen LogP contribution < -0.4 is 5.32 Å². The molecule has 8 heteroatoms. The first kappa shape index (κ1) is 13.0. The quantitative estimate of drug-likeness (QED) is 0.506. The number of hydrogen-bond acceptors (Lipinski definition) is 7. The summed E-state index contributed by atoms with van der Waals surface area (Å²) in [6, 6.07) is 0. The summed E-state index contributed by atoms with van der Waals surface area (Å²) in [5, 5.41) is 14.5. The first-order valence-corrected chi connectivity index (χ1v) is 6.52. The number of nitrogens with one attached hydrogen (secondary N) is 1. The highest BCUT2D eigenvalue weighted by molar-refractivity contribution is 8.00. The lowest BCUT2D eigenvalue weighted by molar-refractivity contribution is -0.388. The van der Waals surface area contributed by atoms with Gasteiger partial charge in [-0.1, -0.05) is 11.8 Å². The average molecular weight is 270 g/mol. The third-order valence-corrected chi connectivity index (χ3v) is 3.93. The minimum absolute atomic E-state index is 0.0366. The Kier molecular flexibility index (Phi) is 4.32. The molecule has 98 valence electrons. The SMILES string of the molecule is CNc1ncc([N+](=O)[O-])c(SC2CCOCC2)n1. The van der Waals surface area contributed by atoms with Gasteiger partial charge in [-0.05, 0) is 12.8 Å². The van der Waals surface area contributed by atoms with Gasteiger partial charge in [0.25, 0.3) is 0 Å². The summed E-state index contributed by atoms with van der Waals surface area (Å²) >= 11 is 1.44. The van der Waals surface area contributed by atoms with E-state index in [4.69, 9.17) is 4.74 Å². The highest BCUT2D eigenvalue weighted by Crippen LogP contribution is 2.34. The van der Waals surface area contributed by atoms with Crippen molar-refractivity contribution in [1.82, 2.24) is 9.97 Å². The standard InChI is InChI=1S/C10H14N4O3S/c1-11-10-12-6-8(14(15)16)9(13-10)18-7-2-4-17-5-3-7/h6-7H,2-5H2,1H3,(H,11,12,13). The zero-order valence-electron chi connectivity index (χ0n) is 9.96. The minimum Gasteiger partial charge on any atom is -0.381 e. The van der Waals surface area contributed by atoms with Gasteiger partial charge in [0.15, 0.2) is 5.03 Å². The van der Waals surface area contributed by atoms with Gasteiger partial charge < -0.3 is 10.1 Å². The Morgan fingerprint density at radius 2 is 2.28 bits per heavy atom. The average Bonchev–Trinajstić information content (AvgIpc) is 2.39. The van der Waals surface area contributed by atoms with Gasteiger partial charge in [-0.15, -0.1) is 0 Å². The number of nitrogens with zero attached hydrogens (tertiary/aromatic N) is 3. The molecule has 0 aliphatic carbocycles. The lowest BCUT2D eigenvalue weighted by atomic mass is 10.2. The third kappa shape index (κ3) is 3.08. The second-order valence-electron chi connectivity index (χ2n) is 3.82. The molecule has 1 saturated heterocycles. The molecule has 0 aromatic carbocycles. The van der Waals surface area contributed by atoms with Crippen molar-refractivity contribution in [1.29, 1.82) is 0 Å². The topological polar surface area (TPSA) is 90.2 Å². The smallest absolute Gasteiger partial charge is 0.319 e. The Labute approximate surface area is 108 Å². The fraction of sp³-hybridized carbons (Fsp3) is 0.600. The molecule has 18 heavy (non-hydrogen) atoms. The van der Waals surface area contributed by atoms with Crippen LogP contribution in [0.25, 0.3) is 0 Å². The predicted octanol–water partition coefficient (Wildman–Crippen LogP) is 1.70. The largest absolute Gasteiger partial charge is 0.381 e. The number of aromatic nitrogens is 2. The van der Waals surface area contributed by atoms with Crippen LogP contribution in [-0.4, -0.2) is 40.4 Å². The van der Waals surface area contributed by atoms with Crippen LogP contribution in [0.1, 0.15) is 12.8 Å². The molecular weight excluding hydrogens is 256 g/mol. The molecule has 2 heterocycles. The molecule has 1 fully saturated rings. The van der Waals surface area contributed by atoms with Crippen LogP contribution in [-0.2, 0) is 4.74 Å². The number of anilines is 1. The highest BCUT2D eigenvalue weighted by Gasteiger charge is 2.23. The van der Waals surface area contributed by atoms with E-state index in [1.54, 1.807) is 7.05 Å². The Morgan fingerprint density at radius 1 is 1.56 bits per heavy atom. The lowest BCUT2D eigenvalue weighted by Gasteiger charge is -2.20. The summed E-state index contributed by atoms with van der Waals surface area (Å²) in [7, 11) is 1.68. The molecule has 0 atom stereocenters. The third-order valence-electron chi connectivity index (χ3n) is 2.60. The maximum absolute atomic E-state index is 10.9. The molecular formula is C10H14N4O3S. The zero-order chi connectivity index (χ0) is 13.0. The van der Waals surface area contributed by atoms with Gasteiger partial charge in [0.05, 0.1) is 4.92 Å². The van der Waals surface area contributed by atoms with Gasteiger partial charge in [0.2, 0.25) is 5.95 Å². The van der Waals surface area contributed by atoms with E-state index in [1.807, 2.05) is 0 Å². The van der Waals surface area contributed by atoms with E-state index < -0.39 is 4.92 Å². The van der Waals surface area contributed by atoms with Gasteiger partial charge >= 0.3 is 5.69 Å². The second-order valence-corrected chi connectivity index (χ2v) is 5.11. The summed E-state index contributed by atoms with van der Waals surface area (Å²) in [4.78, 5) is 18.5. The van der Waals surface area contributed by atoms with Gasteiger partial charge in [0, 0.05) is 25.5 Å². The van der Waals surface area contributed by atoms with Crippen molar-refractivity contribution in [3.05, 3.63) is 16.3 Å². The highest BCUT2D eigenvalue weighted by atomic mass is 32.2. The van der Waals surface area contributed by atoms with Crippen molar-refractivity contribution in [2.45, 2.75) is 23.1 Å². The molecule has 0 unspecified atom stereocenters. The monoisotopic (exact) mass is 270 g/mol. The molecule has 1 aliphatic rings. The van der Waals surface area contributed by atoms with E-state index in [0.717, 1.165) is 12.8 Å². The number of hydrogen-bond donors (Lipinski definition) is 1. The van der Waals surface area contributed by atoms with Crippen molar-refractivity contribution >= 4 is 23.4 Å². The first-order chi connectivity index (χ1) is 8.70. The molecule has 2 rings (SSSR count). The molecule has 1 N–H and O–H groups in total. The summed E-state index contributed by atoms with van der Waals surface area (Å²) in [6.07, 6.45) is 3.03. The van der Waals surface area contributed by atoms with E-state index in [2.05, 4.69) is 15.3 Å². The van der Waals surface area contributed by atoms with E-state index >= 15 is 0 Å². The van der Waals surface area contributed by atoms with Crippen molar-refractivity contribution in [3.63, 3.8) is 0 Å². The number of thioether (sulfide) groups is 1. The van der Waals surface area contributed by atoms with Gasteiger partial charge in [-0.25, -0.2) is 4.98 Å². The summed E-state index contributed by atoms with van der Waals surface area (Å²) in [5.41, 5.74) is -0.0366. The molecule has 0 bridgehead atoms. The van der Waals surface area contributed by atoms with Crippen LogP contribution in [0.3, 0.4) is 0 Å². The maximum Gasteiger partial charge on any atom is 0.319 e. The normalized spacial score (nSPS) is 16.5. The van der Waals surface area contributed by atoms with Gasteiger partial charge in [-0.3, -0.25) is 10.1 Å². The predicted molar refractivity (Wildman–Crippen MR) is 67.9 cm³/mol. The second kappa shape index (κ2) is 5.96. The van der Waals surface area contributed by atoms with E-state index in [-0.39, 0.29) is 5.69 Å². The van der Waals surface area contributed by atoms with E-state index in [1.165, 1.54) is 18.0 Å². The van der Waals surface area contributed by atoms with Gasteiger partial charge in [-0.2, -0.15) is 4.98 Å². The fourth-order valence-electron chi connectivity index (χ4n) is 1.64. The Bertz CT molecular complexity index is 437. The first-order valence-electron chi connectivity index (χ1n) is 5.64. The maximum atomic E-state index is 10.9. The van der Waals surface area contributed by atoms with Crippen molar-refractivity contribution in [3.8, 4) is 0 Å². The number of nitro groups is 1. The van der Waals surface area contributed by atoms with Crippen molar-refractivity contribution in [2.24, 2.45) is 0 Å². The number of rotatable bonds is 4. The van der Waals surface area contributed by atoms with Crippen LogP contribution in [0.4, 0.5) is 11.6 Å². The number of ether oxygens (including phenoxy) is 1. The van der Waals surface area contributed by atoms with Crippen LogP contribution in [0, 0.1) is 10.1 Å². The molecule has 0 amide bonds. The van der Waals surface area contributed by atoms with Crippen molar-refractivity contribution < 1.29 is 9.66 Å².